The van der Waals surface area contributed by atoms with Gasteiger partial charge in [0.15, 0.2) is 0 Å². The maximum absolute atomic E-state index is 6.10. The highest BCUT2D eigenvalue weighted by Crippen LogP contribution is 2.28. The molecule has 0 atom stereocenters. The van der Waals surface area contributed by atoms with Crippen LogP contribution in [0, 0.1) is 0 Å². The van der Waals surface area contributed by atoms with Crippen molar-refractivity contribution in [1.82, 2.24) is 15.6 Å². The molecule has 1 heterocycles. The van der Waals surface area contributed by atoms with Gasteiger partial charge in [-0.25, -0.2) is 0 Å². The maximum atomic E-state index is 6.10. The number of hydrogen-bond acceptors (Lipinski definition) is 4. The number of hydrogen-bond donors (Lipinski definition) is 3. The summed E-state index contributed by atoms with van der Waals surface area (Å²) in [5.41, 5.74) is 3.54. The molecule has 5 heteroatoms. The van der Waals surface area contributed by atoms with E-state index in [0.29, 0.717) is 12.1 Å². The molecule has 1 aromatic heterocycles. The molecule has 4 nitrogen and oxygen atoms in total. The lowest BCUT2D eigenvalue weighted by Gasteiger charge is -2.30. The summed E-state index contributed by atoms with van der Waals surface area (Å²) in [6.45, 7) is 3.18. The number of halogens is 1. The van der Waals surface area contributed by atoms with Gasteiger partial charge in [-0.15, -0.1) is 0 Å². The maximum Gasteiger partial charge on any atom is 0.0737 e. The first kappa shape index (κ1) is 20.4. The summed E-state index contributed by atoms with van der Waals surface area (Å²) < 4.78 is 0. The highest BCUT2D eigenvalue weighted by atomic mass is 35.5. The van der Waals surface area contributed by atoms with Gasteiger partial charge in [0.25, 0.3) is 0 Å². The predicted molar refractivity (Wildman–Crippen MR) is 124 cm³/mol. The molecule has 0 amide bonds. The van der Waals surface area contributed by atoms with Gasteiger partial charge in [-0.05, 0) is 81.5 Å². The summed E-state index contributed by atoms with van der Waals surface area (Å²) in [6.07, 6.45) is 15.8. The highest BCUT2D eigenvalue weighted by molar-refractivity contribution is 6.31. The summed E-state index contributed by atoms with van der Waals surface area (Å²) in [5.74, 6) is 0. The molecule has 2 aromatic rings. The van der Waals surface area contributed by atoms with Gasteiger partial charge in [0.1, 0.15) is 0 Å². The number of nitrogens with zero attached hydrogens (tertiary/aromatic N) is 1. The number of aromatic nitrogens is 1. The fraction of sp³-hybridized carbons (Fsp3) is 0.458. The van der Waals surface area contributed by atoms with Crippen LogP contribution >= 0.6 is 11.6 Å². The van der Waals surface area contributed by atoms with E-state index in [9.17, 15) is 0 Å². The molecular formula is C24H31ClN4. The Morgan fingerprint density at radius 1 is 1.03 bits per heavy atom. The van der Waals surface area contributed by atoms with Gasteiger partial charge in [0.05, 0.1) is 5.52 Å². The van der Waals surface area contributed by atoms with Gasteiger partial charge in [-0.1, -0.05) is 29.8 Å². The van der Waals surface area contributed by atoms with E-state index in [0.717, 1.165) is 42.0 Å². The van der Waals surface area contributed by atoms with Crippen molar-refractivity contribution in [2.24, 2.45) is 0 Å². The van der Waals surface area contributed by atoms with E-state index >= 15 is 0 Å². The molecule has 2 aliphatic carbocycles. The Labute approximate surface area is 178 Å². The van der Waals surface area contributed by atoms with E-state index in [2.05, 4.69) is 51.3 Å². The van der Waals surface area contributed by atoms with Crippen LogP contribution in [0.3, 0.4) is 0 Å². The average Bonchev–Trinajstić information content (AvgIpc) is 3.25. The third-order valence-electron chi connectivity index (χ3n) is 5.93. The van der Waals surface area contributed by atoms with Crippen LogP contribution in [-0.2, 0) is 0 Å². The highest BCUT2D eigenvalue weighted by Gasteiger charge is 2.21. The monoisotopic (exact) mass is 410 g/mol. The van der Waals surface area contributed by atoms with Gasteiger partial charge in [0, 0.05) is 40.9 Å². The quantitative estimate of drug-likeness (QED) is 0.505. The summed E-state index contributed by atoms with van der Waals surface area (Å²) >= 11 is 6.10. The van der Waals surface area contributed by atoms with Crippen molar-refractivity contribution in [2.75, 3.05) is 25.0 Å². The average molecular weight is 411 g/mol. The number of fused-ring (bicyclic) bond motifs is 1. The molecule has 29 heavy (non-hydrogen) atoms. The Morgan fingerprint density at radius 3 is 2.72 bits per heavy atom. The van der Waals surface area contributed by atoms with Crippen LogP contribution in [0.25, 0.3) is 10.9 Å². The van der Waals surface area contributed by atoms with Gasteiger partial charge >= 0.3 is 0 Å². The molecule has 1 aromatic carbocycles. The van der Waals surface area contributed by atoms with E-state index in [1.165, 1.54) is 43.4 Å². The number of nitrogens with one attached hydrogen (secondary N) is 3. The van der Waals surface area contributed by atoms with E-state index in [4.69, 9.17) is 11.6 Å². The minimum absolute atomic E-state index is 0.531. The lowest BCUT2D eigenvalue weighted by atomic mass is 9.91. The van der Waals surface area contributed by atoms with Gasteiger partial charge < -0.3 is 16.0 Å². The Kier molecular flexibility index (Phi) is 7.20. The van der Waals surface area contributed by atoms with Crippen LogP contribution in [0.5, 0.6) is 0 Å². The largest absolute Gasteiger partial charge is 0.382 e. The van der Waals surface area contributed by atoms with Crippen molar-refractivity contribution >= 4 is 28.2 Å². The van der Waals surface area contributed by atoms with Crippen LogP contribution in [0.4, 0.5) is 5.69 Å². The molecule has 0 unspecified atom stereocenters. The topological polar surface area (TPSA) is 49.0 Å². The van der Waals surface area contributed by atoms with Crippen molar-refractivity contribution in [1.29, 1.82) is 0 Å². The zero-order valence-corrected chi connectivity index (χ0v) is 17.7. The van der Waals surface area contributed by atoms with Gasteiger partial charge in [-0.3, -0.25) is 4.98 Å². The molecule has 2 aliphatic rings. The number of rotatable bonds is 9. The van der Waals surface area contributed by atoms with Crippen molar-refractivity contribution < 1.29 is 0 Å². The zero-order chi connectivity index (χ0) is 19.9. The molecule has 0 spiro atoms. The predicted octanol–water partition coefficient (Wildman–Crippen LogP) is 5.07. The normalized spacial score (nSPS) is 21.5. The van der Waals surface area contributed by atoms with Crippen molar-refractivity contribution in [3.63, 3.8) is 0 Å². The second kappa shape index (κ2) is 10.2. The Balaban J connectivity index is 1.15. The molecule has 154 valence electrons. The first-order valence-electron chi connectivity index (χ1n) is 10.9. The Bertz CT molecular complexity index is 868. The molecule has 0 saturated heterocycles. The number of pyridine rings is 1. The number of allylic oxidation sites excluding steroid dienone is 2. The summed E-state index contributed by atoms with van der Waals surface area (Å²) in [6, 6.07) is 9.19. The van der Waals surface area contributed by atoms with Crippen LogP contribution < -0.4 is 16.0 Å². The van der Waals surface area contributed by atoms with Crippen molar-refractivity contribution in [3.8, 4) is 0 Å². The van der Waals surface area contributed by atoms with Crippen molar-refractivity contribution in [3.05, 3.63) is 59.3 Å². The smallest absolute Gasteiger partial charge is 0.0737 e. The SMILES string of the molecule is Clc1ccc2c(NC3CCC(NCCCNCC4=CCC=C4)CC3)ccnc2c1. The molecule has 4 rings (SSSR count). The molecule has 0 bridgehead atoms. The van der Waals surface area contributed by atoms with Crippen LogP contribution in [-0.4, -0.2) is 36.7 Å². The lowest BCUT2D eigenvalue weighted by Crippen LogP contribution is -2.38. The van der Waals surface area contributed by atoms with Crippen molar-refractivity contribution in [2.45, 2.75) is 50.6 Å². The Hall–Kier alpha value is -1.88. The van der Waals surface area contributed by atoms with E-state index in [1.807, 2.05) is 18.3 Å². The van der Waals surface area contributed by atoms with E-state index in [1.54, 1.807) is 0 Å². The first-order chi connectivity index (χ1) is 14.3. The van der Waals surface area contributed by atoms with E-state index < -0.39 is 0 Å². The second-order valence-electron chi connectivity index (χ2n) is 8.11. The summed E-state index contributed by atoms with van der Waals surface area (Å²) in [7, 11) is 0. The molecule has 0 radical (unpaired) electrons. The first-order valence-corrected chi connectivity index (χ1v) is 11.3. The zero-order valence-electron chi connectivity index (χ0n) is 17.0. The fourth-order valence-electron chi connectivity index (χ4n) is 4.30. The van der Waals surface area contributed by atoms with Crippen LogP contribution in [0.15, 0.2) is 54.3 Å². The van der Waals surface area contributed by atoms with Gasteiger partial charge in [-0.2, -0.15) is 0 Å². The second-order valence-corrected chi connectivity index (χ2v) is 8.55. The molecule has 1 saturated carbocycles. The third kappa shape index (κ3) is 5.81. The van der Waals surface area contributed by atoms with Crippen LogP contribution in [0.1, 0.15) is 38.5 Å². The third-order valence-corrected chi connectivity index (χ3v) is 6.17. The molecule has 0 aliphatic heterocycles. The molecule has 1 fully saturated rings. The minimum atomic E-state index is 0.531. The summed E-state index contributed by atoms with van der Waals surface area (Å²) in [4.78, 5) is 4.44. The molecular weight excluding hydrogens is 380 g/mol. The lowest BCUT2D eigenvalue weighted by molar-refractivity contribution is 0.352. The van der Waals surface area contributed by atoms with E-state index in [-0.39, 0.29) is 0 Å². The molecule has 3 N–H and O–H groups in total. The fourth-order valence-corrected chi connectivity index (χ4v) is 4.47. The Morgan fingerprint density at radius 2 is 1.90 bits per heavy atom. The number of anilines is 1. The summed E-state index contributed by atoms with van der Waals surface area (Å²) in [5, 5.41) is 12.9. The number of benzene rings is 1. The minimum Gasteiger partial charge on any atom is -0.382 e. The van der Waals surface area contributed by atoms with Gasteiger partial charge in [0.2, 0.25) is 0 Å². The van der Waals surface area contributed by atoms with Crippen LogP contribution in [0.2, 0.25) is 5.02 Å². The standard InChI is InChI=1S/C24H31ClN4/c25-19-6-11-22-23(12-15-28-24(22)16-19)29-21-9-7-20(8-10-21)27-14-3-13-26-17-18-4-1-2-5-18/h1,4-6,11-12,15-16,20-21,26-27H,2-3,7-10,13-14,17H2,(H,28,29).